The second-order valence-electron chi connectivity index (χ2n) is 12.2. The lowest BCUT2D eigenvalue weighted by atomic mass is 9.60. The summed E-state index contributed by atoms with van der Waals surface area (Å²) in [4.78, 5) is 11.4. The van der Waals surface area contributed by atoms with E-state index in [0.717, 1.165) is 29.9 Å². The molecule has 3 rings (SSSR count). The number of hydrogen-bond donors (Lipinski definition) is 3. The van der Waals surface area contributed by atoms with E-state index >= 15 is 0 Å². The highest BCUT2D eigenvalue weighted by atomic mass is 16.4. The number of hydrogen-bond acceptors (Lipinski definition) is 3. The Bertz CT molecular complexity index is 801. The van der Waals surface area contributed by atoms with Crippen LogP contribution in [0, 0.1) is 35.0 Å². The van der Waals surface area contributed by atoms with Gasteiger partial charge in [-0.1, -0.05) is 57.1 Å². The SMILES string of the molecule is C=C1C[C@@H](C(=O)O)[C@H](O)C/C1=C/C=C1\CCC[C@]2(C)[C@@H]([C@H](C)CC[C@H](C)C(C)(C)O)CC[C@@H]12. The Kier molecular flexibility index (Phi) is 8.01. The fourth-order valence-corrected chi connectivity index (χ4v) is 6.97. The number of aliphatic carboxylic acids is 1. The fourth-order valence-electron chi connectivity index (χ4n) is 6.97. The molecule has 0 aromatic rings. The molecule has 0 heterocycles. The molecule has 4 nitrogen and oxygen atoms in total. The van der Waals surface area contributed by atoms with E-state index in [2.05, 4.69) is 39.5 Å². The molecule has 0 aromatic carbocycles. The Hall–Kier alpha value is -1.39. The van der Waals surface area contributed by atoms with Gasteiger partial charge in [0.05, 0.1) is 17.6 Å². The Balaban J connectivity index is 1.70. The first-order chi connectivity index (χ1) is 15.3. The van der Waals surface area contributed by atoms with Crippen LogP contribution in [0.2, 0.25) is 0 Å². The monoisotopic (exact) mass is 458 g/mol. The first-order valence-corrected chi connectivity index (χ1v) is 13.1. The molecule has 0 aliphatic heterocycles. The number of rotatable bonds is 7. The molecule has 0 bridgehead atoms. The van der Waals surface area contributed by atoms with Crippen molar-refractivity contribution >= 4 is 5.97 Å². The van der Waals surface area contributed by atoms with E-state index in [1.165, 1.54) is 37.7 Å². The van der Waals surface area contributed by atoms with Crippen LogP contribution in [0.3, 0.4) is 0 Å². The largest absolute Gasteiger partial charge is 0.481 e. The van der Waals surface area contributed by atoms with E-state index in [-0.39, 0.29) is 0 Å². The minimum Gasteiger partial charge on any atom is -0.481 e. The van der Waals surface area contributed by atoms with Crippen molar-refractivity contribution in [3.8, 4) is 0 Å². The summed E-state index contributed by atoms with van der Waals surface area (Å²) in [5.41, 5.74) is 3.10. The molecule has 3 aliphatic rings. The number of aliphatic hydroxyl groups excluding tert-OH is 1. The topological polar surface area (TPSA) is 77.8 Å². The van der Waals surface area contributed by atoms with Gasteiger partial charge in [-0.3, -0.25) is 4.79 Å². The number of carbonyl (C=O) groups is 1. The first kappa shape index (κ1) is 26.2. The predicted octanol–water partition coefficient (Wildman–Crippen LogP) is 6.29. The highest BCUT2D eigenvalue weighted by Gasteiger charge is 2.50. The van der Waals surface area contributed by atoms with Crippen LogP contribution in [0.1, 0.15) is 92.4 Å². The number of carboxylic acid groups (broad SMARTS) is 1. The summed E-state index contributed by atoms with van der Waals surface area (Å²) < 4.78 is 0. The van der Waals surface area contributed by atoms with Crippen molar-refractivity contribution < 1.29 is 20.1 Å². The van der Waals surface area contributed by atoms with Crippen LogP contribution in [-0.4, -0.2) is 33.0 Å². The average molecular weight is 459 g/mol. The zero-order valence-electron chi connectivity index (χ0n) is 21.4. The Morgan fingerprint density at radius 2 is 1.91 bits per heavy atom. The second kappa shape index (κ2) is 10.1. The van der Waals surface area contributed by atoms with Crippen molar-refractivity contribution in [3.63, 3.8) is 0 Å². The minimum absolute atomic E-state index is 0.304. The lowest BCUT2D eigenvalue weighted by molar-refractivity contribution is -0.146. The van der Waals surface area contributed by atoms with Crippen molar-refractivity contribution in [2.24, 2.45) is 35.0 Å². The highest BCUT2D eigenvalue weighted by Crippen LogP contribution is 2.60. The molecule has 0 radical (unpaired) electrons. The van der Waals surface area contributed by atoms with Crippen LogP contribution in [0.5, 0.6) is 0 Å². The van der Waals surface area contributed by atoms with Gasteiger partial charge < -0.3 is 15.3 Å². The maximum atomic E-state index is 11.4. The van der Waals surface area contributed by atoms with E-state index in [9.17, 15) is 20.1 Å². The molecule has 0 saturated heterocycles. The van der Waals surface area contributed by atoms with Crippen LogP contribution in [0.4, 0.5) is 0 Å². The standard InChI is InChI=1S/C29H46O4/c1-18(9-10-20(3)28(4,5)33)24-13-14-25-21(8-7-15-29(24,25)6)11-12-22-17-26(30)23(27(31)32)16-19(22)2/h11-12,18,20,23-26,30,33H,2,7-10,13-17H2,1,3-6H3,(H,31,32)/b21-11+,22-12-/t18-,20+,23-,24-,25+,26-,29-/m1/s1. The smallest absolute Gasteiger partial charge is 0.309 e. The number of carboxylic acids is 1. The van der Waals surface area contributed by atoms with E-state index in [0.29, 0.717) is 36.0 Å². The van der Waals surface area contributed by atoms with Gasteiger partial charge in [-0.2, -0.15) is 0 Å². The maximum absolute atomic E-state index is 11.4. The highest BCUT2D eigenvalue weighted by molar-refractivity contribution is 5.72. The molecular formula is C29H46O4. The van der Waals surface area contributed by atoms with Crippen LogP contribution >= 0.6 is 0 Å². The molecule has 7 atom stereocenters. The molecule has 33 heavy (non-hydrogen) atoms. The van der Waals surface area contributed by atoms with Gasteiger partial charge in [0, 0.05) is 0 Å². The minimum atomic E-state index is -0.938. The molecule has 4 heteroatoms. The van der Waals surface area contributed by atoms with E-state index in [1.54, 1.807) is 0 Å². The van der Waals surface area contributed by atoms with Crippen molar-refractivity contribution in [2.75, 3.05) is 0 Å². The van der Waals surface area contributed by atoms with Crippen LogP contribution in [-0.2, 0) is 4.79 Å². The zero-order chi connectivity index (χ0) is 24.6. The zero-order valence-corrected chi connectivity index (χ0v) is 21.4. The summed E-state index contributed by atoms with van der Waals surface area (Å²) in [5.74, 6) is 0.608. The molecule has 0 aromatic heterocycles. The summed E-state index contributed by atoms with van der Waals surface area (Å²) in [6.45, 7) is 15.0. The molecule has 0 spiro atoms. The van der Waals surface area contributed by atoms with Gasteiger partial charge in [0.25, 0.3) is 0 Å². The third-order valence-electron chi connectivity index (χ3n) is 9.62. The van der Waals surface area contributed by atoms with Crippen LogP contribution in [0.25, 0.3) is 0 Å². The van der Waals surface area contributed by atoms with E-state index in [4.69, 9.17) is 0 Å². The number of allylic oxidation sites excluding steroid dienone is 4. The van der Waals surface area contributed by atoms with E-state index < -0.39 is 23.6 Å². The molecule has 0 amide bonds. The van der Waals surface area contributed by atoms with Gasteiger partial charge in [-0.25, -0.2) is 0 Å². The summed E-state index contributed by atoms with van der Waals surface area (Å²) in [6, 6.07) is 0. The molecule has 3 fully saturated rings. The summed E-state index contributed by atoms with van der Waals surface area (Å²) >= 11 is 0. The van der Waals surface area contributed by atoms with Crippen LogP contribution < -0.4 is 0 Å². The molecule has 0 unspecified atom stereocenters. The lowest BCUT2D eigenvalue weighted by Crippen LogP contribution is -2.36. The van der Waals surface area contributed by atoms with Gasteiger partial charge in [0.1, 0.15) is 0 Å². The van der Waals surface area contributed by atoms with Crippen molar-refractivity contribution in [1.29, 1.82) is 0 Å². The molecule has 3 aliphatic carbocycles. The van der Waals surface area contributed by atoms with E-state index in [1.807, 2.05) is 13.8 Å². The van der Waals surface area contributed by atoms with Crippen LogP contribution in [0.15, 0.2) is 35.5 Å². The maximum Gasteiger partial charge on any atom is 0.309 e. The number of fused-ring (bicyclic) bond motifs is 1. The summed E-state index contributed by atoms with van der Waals surface area (Å²) in [7, 11) is 0. The normalized spacial score (nSPS) is 37.2. The quantitative estimate of drug-likeness (QED) is 0.419. The predicted molar refractivity (Wildman–Crippen MR) is 134 cm³/mol. The molecule has 3 saturated carbocycles. The second-order valence-corrected chi connectivity index (χ2v) is 12.2. The fraction of sp³-hybridized carbons (Fsp3) is 0.759. The van der Waals surface area contributed by atoms with Crippen molar-refractivity contribution in [2.45, 2.75) is 104 Å². The van der Waals surface area contributed by atoms with Gasteiger partial charge in [-0.05, 0) is 99.9 Å². The Morgan fingerprint density at radius 3 is 2.55 bits per heavy atom. The van der Waals surface area contributed by atoms with Gasteiger partial charge in [-0.15, -0.1) is 0 Å². The van der Waals surface area contributed by atoms with Gasteiger partial charge >= 0.3 is 5.97 Å². The summed E-state index contributed by atoms with van der Waals surface area (Å²) in [6.07, 6.45) is 12.7. The summed E-state index contributed by atoms with van der Waals surface area (Å²) in [5, 5.41) is 29.9. The third-order valence-corrected chi connectivity index (χ3v) is 9.62. The Morgan fingerprint density at radius 1 is 1.21 bits per heavy atom. The Labute approximate surface area is 200 Å². The first-order valence-electron chi connectivity index (χ1n) is 13.1. The number of aliphatic hydroxyl groups is 2. The van der Waals surface area contributed by atoms with Gasteiger partial charge in [0.15, 0.2) is 0 Å². The molecular weight excluding hydrogens is 412 g/mol. The van der Waals surface area contributed by atoms with Crippen molar-refractivity contribution in [1.82, 2.24) is 0 Å². The lowest BCUT2D eigenvalue weighted by Gasteiger charge is -2.44. The molecule has 3 N–H and O–H groups in total. The molecule has 186 valence electrons. The third kappa shape index (κ3) is 5.65. The average Bonchev–Trinajstić information content (AvgIpc) is 3.08. The van der Waals surface area contributed by atoms with Crippen molar-refractivity contribution in [3.05, 3.63) is 35.5 Å². The van der Waals surface area contributed by atoms with Gasteiger partial charge in [0.2, 0.25) is 0 Å².